The van der Waals surface area contributed by atoms with Crippen molar-refractivity contribution in [2.45, 2.75) is 6.55 Å². The summed E-state index contributed by atoms with van der Waals surface area (Å²) in [5, 5.41) is 0. The first-order valence-electron chi connectivity index (χ1n) is 1.23. The van der Waals surface area contributed by atoms with E-state index in [1.165, 1.54) is 0 Å². The maximum Gasteiger partial charge on any atom is 0.248 e. The second-order valence-electron chi connectivity index (χ2n) is 1.07. The Labute approximate surface area is 42.5 Å². The largest absolute Gasteiger partial charge is 0.248 e. The third-order valence-electron chi connectivity index (χ3n) is 0. The summed E-state index contributed by atoms with van der Waals surface area (Å²) >= 11 is 10.6. The monoisotopic (exact) mass is 127 g/mol. The van der Waals surface area contributed by atoms with Gasteiger partial charge in [-0.1, -0.05) is 0 Å². The molecule has 0 heterocycles. The Morgan fingerprint density at radius 1 is 1.60 bits per heavy atom. The molecule has 0 aromatic rings. The topological polar surface area (TPSA) is 0 Å². The van der Waals surface area contributed by atoms with E-state index in [-0.39, 0.29) is 0 Å². The lowest BCUT2D eigenvalue weighted by molar-refractivity contribution is 2.20. The van der Waals surface area contributed by atoms with Gasteiger partial charge in [0.1, 0.15) is 0 Å². The van der Waals surface area contributed by atoms with E-state index in [0.29, 0.717) is 0 Å². The van der Waals surface area contributed by atoms with Gasteiger partial charge in [0, 0.05) is 0 Å². The molecule has 5 heavy (non-hydrogen) atoms. The summed E-state index contributed by atoms with van der Waals surface area (Å²) in [6, 6.07) is 0. The molecule has 0 rings (SSSR count). The SMILES string of the molecule is [CH2][Si](C)(Cl)Cl. The van der Waals surface area contributed by atoms with Crippen LogP contribution in [0.3, 0.4) is 0 Å². The standard InChI is InChI=1S/C2H5Cl2Si/c1-5(2,3)4/h1H2,2H3. The van der Waals surface area contributed by atoms with E-state index in [0.717, 1.165) is 0 Å². The van der Waals surface area contributed by atoms with Crippen molar-refractivity contribution in [3.05, 3.63) is 6.55 Å². The van der Waals surface area contributed by atoms with Crippen molar-refractivity contribution in [1.82, 2.24) is 0 Å². The minimum Gasteiger partial charge on any atom is -0.146 e. The normalized spacial score (nSPS) is 12.0. The molecule has 0 unspecified atom stereocenters. The minimum atomic E-state index is -1.92. The predicted octanol–water partition coefficient (Wildman–Crippen LogP) is 1.91. The van der Waals surface area contributed by atoms with E-state index in [4.69, 9.17) is 22.2 Å². The predicted molar refractivity (Wildman–Crippen MR) is 28.7 cm³/mol. The summed E-state index contributed by atoms with van der Waals surface area (Å²) in [6.07, 6.45) is 0. The van der Waals surface area contributed by atoms with Crippen molar-refractivity contribution < 1.29 is 0 Å². The molecule has 0 aromatic carbocycles. The van der Waals surface area contributed by atoms with Crippen molar-refractivity contribution in [2.24, 2.45) is 0 Å². The van der Waals surface area contributed by atoms with Crippen LogP contribution in [0.15, 0.2) is 0 Å². The first kappa shape index (κ1) is 5.80. The van der Waals surface area contributed by atoms with Crippen molar-refractivity contribution >= 4 is 28.9 Å². The lowest BCUT2D eigenvalue weighted by Gasteiger charge is -1.93. The molecular weight excluding hydrogens is 123 g/mol. The second-order valence-corrected chi connectivity index (χ2v) is 8.80. The highest BCUT2D eigenvalue weighted by Crippen LogP contribution is 2.09. The average Bonchev–Trinajstić information content (AvgIpc) is 0.722. The Morgan fingerprint density at radius 2 is 1.60 bits per heavy atom. The fourth-order valence-electron chi connectivity index (χ4n) is 0. The Kier molecular flexibility index (Phi) is 1.74. The lowest BCUT2D eigenvalue weighted by atomic mass is 11.9. The maximum atomic E-state index is 5.32. The molecule has 0 spiro atoms. The molecule has 0 aliphatic rings. The molecule has 0 atom stereocenters. The molecule has 0 bridgehead atoms. The molecule has 0 fully saturated rings. The highest BCUT2D eigenvalue weighted by Gasteiger charge is 2.09. The van der Waals surface area contributed by atoms with Crippen LogP contribution < -0.4 is 0 Å². The average molecular weight is 128 g/mol. The Balaban J connectivity index is 3.02. The highest BCUT2D eigenvalue weighted by atomic mass is 35.7. The van der Waals surface area contributed by atoms with Crippen LogP contribution in [0.4, 0.5) is 0 Å². The van der Waals surface area contributed by atoms with Gasteiger partial charge in [-0.2, -0.15) is 0 Å². The van der Waals surface area contributed by atoms with E-state index >= 15 is 0 Å². The lowest BCUT2D eigenvalue weighted by Crippen LogP contribution is -2.03. The van der Waals surface area contributed by atoms with Crippen molar-refractivity contribution in [3.8, 4) is 0 Å². The fraction of sp³-hybridized carbons (Fsp3) is 0.500. The van der Waals surface area contributed by atoms with Crippen LogP contribution in [0.1, 0.15) is 0 Å². The maximum absolute atomic E-state index is 5.32. The van der Waals surface area contributed by atoms with Gasteiger partial charge in [-0.15, -0.1) is 22.2 Å². The van der Waals surface area contributed by atoms with Gasteiger partial charge in [0.15, 0.2) is 0 Å². The van der Waals surface area contributed by atoms with E-state index in [9.17, 15) is 0 Å². The zero-order chi connectivity index (χ0) is 4.50. The van der Waals surface area contributed by atoms with E-state index in [2.05, 4.69) is 6.55 Å². The summed E-state index contributed by atoms with van der Waals surface area (Å²) in [6.45, 7) is 3.27. The molecule has 0 saturated carbocycles. The van der Waals surface area contributed by atoms with Gasteiger partial charge in [0.2, 0.25) is 6.69 Å². The summed E-state index contributed by atoms with van der Waals surface area (Å²) < 4.78 is 0. The zero-order valence-electron chi connectivity index (χ0n) is 2.96. The third kappa shape index (κ3) is 59.1. The fourth-order valence-corrected chi connectivity index (χ4v) is 0. The van der Waals surface area contributed by atoms with Gasteiger partial charge < -0.3 is 0 Å². The molecule has 0 aliphatic carbocycles. The third-order valence-corrected chi connectivity index (χ3v) is 0. The van der Waals surface area contributed by atoms with Crippen LogP contribution in [-0.4, -0.2) is 6.69 Å². The Morgan fingerprint density at radius 3 is 1.60 bits per heavy atom. The molecule has 31 valence electrons. The molecular formula is C2H5Cl2Si. The summed E-state index contributed by atoms with van der Waals surface area (Å²) in [4.78, 5) is 0. The second kappa shape index (κ2) is 1.50. The number of hydrogen-bond acceptors (Lipinski definition) is 0. The van der Waals surface area contributed by atoms with Crippen molar-refractivity contribution in [1.29, 1.82) is 0 Å². The van der Waals surface area contributed by atoms with Crippen LogP contribution in [0.2, 0.25) is 6.55 Å². The molecule has 0 saturated heterocycles. The summed E-state index contributed by atoms with van der Waals surface area (Å²) in [5.41, 5.74) is 0. The van der Waals surface area contributed by atoms with E-state index < -0.39 is 6.69 Å². The van der Waals surface area contributed by atoms with Crippen LogP contribution in [0, 0.1) is 6.55 Å². The quantitative estimate of drug-likeness (QED) is 0.345. The molecule has 0 aromatic heterocycles. The highest BCUT2D eigenvalue weighted by molar-refractivity contribution is 7.45. The number of rotatable bonds is 0. The smallest absolute Gasteiger partial charge is 0.146 e. The van der Waals surface area contributed by atoms with Gasteiger partial charge in [-0.05, 0) is 13.1 Å². The van der Waals surface area contributed by atoms with Crippen LogP contribution in [0.5, 0.6) is 0 Å². The van der Waals surface area contributed by atoms with Gasteiger partial charge in [-0.25, -0.2) is 0 Å². The van der Waals surface area contributed by atoms with Gasteiger partial charge in [-0.3, -0.25) is 0 Å². The number of hydrogen-bond donors (Lipinski definition) is 0. The molecule has 0 amide bonds. The molecule has 3 heteroatoms. The summed E-state index contributed by atoms with van der Waals surface area (Å²) in [7, 11) is 0. The van der Waals surface area contributed by atoms with Gasteiger partial charge in [0.05, 0.1) is 0 Å². The zero-order valence-corrected chi connectivity index (χ0v) is 5.47. The minimum absolute atomic E-state index is 1.75. The Bertz CT molecular complexity index is 23.1. The molecule has 0 aliphatic heterocycles. The Hall–Kier alpha value is 0.797. The molecule has 0 nitrogen and oxygen atoms in total. The molecule has 1 radical (unpaired) electrons. The van der Waals surface area contributed by atoms with Crippen LogP contribution >= 0.6 is 22.2 Å². The van der Waals surface area contributed by atoms with Gasteiger partial charge >= 0.3 is 0 Å². The van der Waals surface area contributed by atoms with Crippen molar-refractivity contribution in [2.75, 3.05) is 0 Å². The van der Waals surface area contributed by atoms with Crippen LogP contribution in [0.25, 0.3) is 0 Å². The molecule has 0 N–H and O–H groups in total. The summed E-state index contributed by atoms with van der Waals surface area (Å²) in [5.74, 6) is 0. The van der Waals surface area contributed by atoms with Crippen LogP contribution in [-0.2, 0) is 0 Å². The van der Waals surface area contributed by atoms with Gasteiger partial charge in [0.25, 0.3) is 0 Å². The van der Waals surface area contributed by atoms with Crippen molar-refractivity contribution in [3.63, 3.8) is 0 Å². The van der Waals surface area contributed by atoms with E-state index in [1.807, 2.05) is 0 Å². The first-order chi connectivity index (χ1) is 2.00. The number of halogens is 2. The van der Waals surface area contributed by atoms with E-state index in [1.54, 1.807) is 6.55 Å². The first-order valence-corrected chi connectivity index (χ1v) is 5.96.